The second-order valence-electron chi connectivity index (χ2n) is 3.97. The Labute approximate surface area is 123 Å². The van der Waals surface area contributed by atoms with Crippen LogP contribution in [-0.2, 0) is 0 Å². The quantitative estimate of drug-likeness (QED) is 0.803. The number of phenolic OH excluding ortho intramolecular Hbond substituents is 2. The highest BCUT2D eigenvalue weighted by Crippen LogP contribution is 2.30. The number of anilines is 1. The lowest BCUT2D eigenvalue weighted by Gasteiger charge is -2.11. The van der Waals surface area contributed by atoms with E-state index in [4.69, 9.17) is 4.74 Å². The summed E-state index contributed by atoms with van der Waals surface area (Å²) in [7, 11) is 1.52. The minimum atomic E-state index is -0.616. The van der Waals surface area contributed by atoms with Gasteiger partial charge in [0, 0.05) is 10.5 Å². The summed E-state index contributed by atoms with van der Waals surface area (Å²) in [5.41, 5.74) is 0.291. The maximum atomic E-state index is 12.1. The summed E-state index contributed by atoms with van der Waals surface area (Å²) in [6, 6.07) is 9.18. The molecule has 104 valence electrons. The molecule has 2 aromatic rings. The molecule has 0 bridgehead atoms. The van der Waals surface area contributed by atoms with E-state index in [1.165, 1.54) is 25.3 Å². The number of nitrogens with one attached hydrogen (secondary N) is 1. The Balaban J connectivity index is 2.33. The van der Waals surface area contributed by atoms with Crippen LogP contribution in [0, 0.1) is 0 Å². The normalized spacial score (nSPS) is 10.1. The molecule has 0 aliphatic rings. The first-order valence-corrected chi connectivity index (χ1v) is 6.48. The highest BCUT2D eigenvalue weighted by atomic mass is 79.9. The van der Waals surface area contributed by atoms with Gasteiger partial charge in [0.05, 0.1) is 12.8 Å². The second-order valence-corrected chi connectivity index (χ2v) is 4.83. The second kappa shape index (κ2) is 5.83. The van der Waals surface area contributed by atoms with E-state index in [1.807, 2.05) is 0 Å². The van der Waals surface area contributed by atoms with Gasteiger partial charge in [-0.2, -0.15) is 0 Å². The zero-order chi connectivity index (χ0) is 14.7. The molecule has 0 aliphatic carbocycles. The van der Waals surface area contributed by atoms with Gasteiger partial charge in [0.1, 0.15) is 22.8 Å². The van der Waals surface area contributed by atoms with Crippen LogP contribution in [0.3, 0.4) is 0 Å². The molecule has 0 fully saturated rings. The topological polar surface area (TPSA) is 78.8 Å². The molecular weight excluding hydrogens is 326 g/mol. The van der Waals surface area contributed by atoms with Gasteiger partial charge in [-0.1, -0.05) is 6.07 Å². The Bertz CT molecular complexity index is 637. The van der Waals surface area contributed by atoms with Gasteiger partial charge in [-0.3, -0.25) is 4.79 Å². The Morgan fingerprint density at radius 2 is 1.85 bits per heavy atom. The number of carbonyl (C=O) groups excluding carboxylic acids is 1. The Morgan fingerprint density at radius 1 is 1.20 bits per heavy atom. The van der Waals surface area contributed by atoms with Gasteiger partial charge >= 0.3 is 0 Å². The number of methoxy groups -OCH3 is 1. The van der Waals surface area contributed by atoms with Crippen molar-refractivity contribution in [3.8, 4) is 17.2 Å². The maximum Gasteiger partial charge on any atom is 0.263 e. The number of hydrogen-bond donors (Lipinski definition) is 3. The highest BCUT2D eigenvalue weighted by molar-refractivity contribution is 9.10. The van der Waals surface area contributed by atoms with Crippen LogP contribution in [0.25, 0.3) is 0 Å². The molecule has 2 aromatic carbocycles. The summed E-state index contributed by atoms with van der Waals surface area (Å²) in [6.45, 7) is 0. The highest BCUT2D eigenvalue weighted by Gasteiger charge is 2.17. The molecule has 0 aromatic heterocycles. The van der Waals surface area contributed by atoms with Crippen LogP contribution in [0.5, 0.6) is 17.2 Å². The van der Waals surface area contributed by atoms with E-state index in [0.29, 0.717) is 15.9 Å². The molecular formula is C14H12BrNO4. The van der Waals surface area contributed by atoms with Crippen molar-refractivity contribution in [2.45, 2.75) is 0 Å². The number of aromatic hydroxyl groups is 2. The number of rotatable bonds is 3. The van der Waals surface area contributed by atoms with Crippen LogP contribution < -0.4 is 10.1 Å². The van der Waals surface area contributed by atoms with Gasteiger partial charge in [0.25, 0.3) is 5.91 Å². The molecule has 0 unspecified atom stereocenters. The molecule has 0 spiro atoms. The molecule has 0 heterocycles. The van der Waals surface area contributed by atoms with Crippen molar-refractivity contribution < 1.29 is 19.7 Å². The van der Waals surface area contributed by atoms with Crippen molar-refractivity contribution >= 4 is 27.5 Å². The molecule has 1 amide bonds. The van der Waals surface area contributed by atoms with E-state index < -0.39 is 5.91 Å². The van der Waals surface area contributed by atoms with Gasteiger partial charge in [-0.25, -0.2) is 0 Å². The van der Waals surface area contributed by atoms with E-state index in [2.05, 4.69) is 21.2 Å². The number of halogens is 1. The van der Waals surface area contributed by atoms with Crippen LogP contribution in [0.1, 0.15) is 10.4 Å². The fraction of sp³-hybridized carbons (Fsp3) is 0.0714. The molecule has 3 N–H and O–H groups in total. The van der Waals surface area contributed by atoms with Gasteiger partial charge in [0.15, 0.2) is 0 Å². The molecule has 0 saturated heterocycles. The van der Waals surface area contributed by atoms with E-state index in [9.17, 15) is 15.0 Å². The van der Waals surface area contributed by atoms with Crippen molar-refractivity contribution in [2.75, 3.05) is 12.4 Å². The zero-order valence-corrected chi connectivity index (χ0v) is 12.1. The van der Waals surface area contributed by atoms with Crippen molar-refractivity contribution in [2.24, 2.45) is 0 Å². The first-order valence-electron chi connectivity index (χ1n) is 5.68. The van der Waals surface area contributed by atoms with Gasteiger partial charge in [-0.05, 0) is 40.2 Å². The van der Waals surface area contributed by atoms with Crippen LogP contribution in [0.2, 0.25) is 0 Å². The first-order chi connectivity index (χ1) is 9.52. The minimum Gasteiger partial charge on any atom is -0.507 e. The smallest absolute Gasteiger partial charge is 0.263 e. The van der Waals surface area contributed by atoms with Crippen molar-refractivity contribution in [1.82, 2.24) is 0 Å². The van der Waals surface area contributed by atoms with Gasteiger partial charge in [0.2, 0.25) is 0 Å². The number of carbonyl (C=O) groups is 1. The molecule has 5 nitrogen and oxygen atoms in total. The fourth-order valence-corrected chi connectivity index (χ4v) is 2.02. The summed E-state index contributed by atoms with van der Waals surface area (Å²) in [5.74, 6) is -0.623. The molecule has 0 radical (unpaired) electrons. The molecule has 0 saturated carbocycles. The average Bonchev–Trinajstić information content (AvgIpc) is 2.41. The van der Waals surface area contributed by atoms with E-state index in [-0.39, 0.29) is 17.1 Å². The van der Waals surface area contributed by atoms with Crippen LogP contribution in [-0.4, -0.2) is 23.2 Å². The Kier molecular flexibility index (Phi) is 4.14. The molecule has 20 heavy (non-hydrogen) atoms. The van der Waals surface area contributed by atoms with E-state index >= 15 is 0 Å². The van der Waals surface area contributed by atoms with E-state index in [0.717, 1.165) is 0 Å². The van der Waals surface area contributed by atoms with Gasteiger partial charge in [-0.15, -0.1) is 0 Å². The number of amides is 1. The van der Waals surface area contributed by atoms with E-state index in [1.54, 1.807) is 18.2 Å². The van der Waals surface area contributed by atoms with Crippen LogP contribution >= 0.6 is 15.9 Å². The van der Waals surface area contributed by atoms with Crippen LogP contribution in [0.15, 0.2) is 40.9 Å². The lowest BCUT2D eigenvalue weighted by Crippen LogP contribution is -2.12. The number of hydrogen-bond acceptors (Lipinski definition) is 4. The molecule has 0 atom stereocenters. The third kappa shape index (κ3) is 2.85. The summed E-state index contributed by atoms with van der Waals surface area (Å²) < 4.78 is 5.73. The summed E-state index contributed by atoms with van der Waals surface area (Å²) in [6.07, 6.45) is 0. The third-order valence-electron chi connectivity index (χ3n) is 2.67. The van der Waals surface area contributed by atoms with Crippen molar-refractivity contribution in [1.29, 1.82) is 0 Å². The lowest BCUT2D eigenvalue weighted by atomic mass is 10.1. The summed E-state index contributed by atoms with van der Waals surface area (Å²) in [4.78, 5) is 12.1. The third-order valence-corrected chi connectivity index (χ3v) is 3.36. The standard InChI is InChI=1S/C14H12BrNO4/c1-20-8-5-6-9(15)10(7-8)16-14(19)13-11(17)3-2-4-12(13)18/h2-7,17-18H,1H3,(H,16,19). The monoisotopic (exact) mass is 337 g/mol. The molecule has 6 heteroatoms. The molecule has 0 aliphatic heterocycles. The fourth-order valence-electron chi connectivity index (χ4n) is 1.67. The van der Waals surface area contributed by atoms with Crippen molar-refractivity contribution in [3.63, 3.8) is 0 Å². The maximum absolute atomic E-state index is 12.1. The van der Waals surface area contributed by atoms with Crippen molar-refractivity contribution in [3.05, 3.63) is 46.4 Å². The number of phenols is 2. The average molecular weight is 338 g/mol. The lowest BCUT2D eigenvalue weighted by molar-refractivity contribution is 0.102. The predicted molar refractivity (Wildman–Crippen MR) is 78.4 cm³/mol. The Hall–Kier alpha value is -2.21. The van der Waals surface area contributed by atoms with Gasteiger partial charge < -0.3 is 20.3 Å². The summed E-state index contributed by atoms with van der Waals surface area (Å²) >= 11 is 3.30. The summed E-state index contributed by atoms with van der Waals surface area (Å²) in [5, 5.41) is 21.9. The van der Waals surface area contributed by atoms with Crippen LogP contribution in [0.4, 0.5) is 5.69 Å². The first kappa shape index (κ1) is 14.2. The largest absolute Gasteiger partial charge is 0.507 e. The number of ether oxygens (including phenoxy) is 1. The SMILES string of the molecule is COc1ccc(Br)c(NC(=O)c2c(O)cccc2O)c1. The predicted octanol–water partition coefficient (Wildman–Crippen LogP) is 3.12. The Morgan fingerprint density at radius 3 is 2.45 bits per heavy atom. The number of benzene rings is 2. The minimum absolute atomic E-state index is 0.179. The molecule has 2 rings (SSSR count). The zero-order valence-electron chi connectivity index (χ0n) is 10.6.